The molecule has 0 radical (unpaired) electrons. The molecule has 1 aromatic heterocycles. The number of carbonyl (C=O) groups excluding carboxylic acids is 1. The van der Waals surface area contributed by atoms with Crippen LogP contribution >= 0.6 is 0 Å². The summed E-state index contributed by atoms with van der Waals surface area (Å²) in [4.78, 5) is 15.8. The normalized spacial score (nSPS) is 10.4. The average molecular weight is 274 g/mol. The van der Waals surface area contributed by atoms with Crippen LogP contribution in [0.2, 0.25) is 0 Å². The number of hydrogen-bond acceptors (Lipinski definition) is 4. The number of fused-ring (bicyclic) bond motifs is 1. The van der Waals surface area contributed by atoms with E-state index in [1.165, 1.54) is 0 Å². The van der Waals surface area contributed by atoms with Gasteiger partial charge in [-0.25, -0.2) is 0 Å². The van der Waals surface area contributed by atoms with Crippen LogP contribution in [0.25, 0.3) is 10.9 Å². The summed E-state index contributed by atoms with van der Waals surface area (Å²) in [7, 11) is 1.64. The minimum absolute atomic E-state index is 0.0126. The second-order valence-electron chi connectivity index (χ2n) is 4.34. The van der Waals surface area contributed by atoms with Gasteiger partial charge in [0.2, 0.25) is 0 Å². The lowest BCUT2D eigenvalue weighted by Gasteiger charge is -2.08. The first kappa shape index (κ1) is 14.3. The third kappa shape index (κ3) is 4.20. The molecule has 1 heterocycles. The molecule has 2 rings (SSSR count). The van der Waals surface area contributed by atoms with Crippen LogP contribution in [-0.2, 0) is 9.53 Å². The van der Waals surface area contributed by atoms with Gasteiger partial charge in [-0.05, 0) is 30.7 Å². The maximum absolute atomic E-state index is 11.6. The summed E-state index contributed by atoms with van der Waals surface area (Å²) >= 11 is 0. The summed E-state index contributed by atoms with van der Waals surface area (Å²) in [5.41, 5.74) is 0.906. The molecule has 1 amide bonds. The van der Waals surface area contributed by atoms with Crippen LogP contribution in [0.1, 0.15) is 6.42 Å². The number of ether oxygens (including phenoxy) is 2. The lowest BCUT2D eigenvalue weighted by Crippen LogP contribution is -2.30. The van der Waals surface area contributed by atoms with E-state index in [0.29, 0.717) is 18.9 Å². The van der Waals surface area contributed by atoms with Gasteiger partial charge in [0.1, 0.15) is 5.75 Å². The molecule has 2 aromatic rings. The molecule has 0 bridgehead atoms. The van der Waals surface area contributed by atoms with E-state index >= 15 is 0 Å². The number of aromatic nitrogens is 1. The first-order valence-corrected chi connectivity index (χ1v) is 6.53. The first-order valence-electron chi connectivity index (χ1n) is 6.53. The molecule has 5 nitrogen and oxygen atoms in total. The molecule has 0 aliphatic rings. The highest BCUT2D eigenvalue weighted by Gasteiger charge is 2.03. The number of nitrogens with zero attached hydrogens (tertiary/aromatic N) is 1. The van der Waals surface area contributed by atoms with Gasteiger partial charge in [0.25, 0.3) is 5.91 Å². The maximum Gasteiger partial charge on any atom is 0.257 e. The van der Waals surface area contributed by atoms with Gasteiger partial charge < -0.3 is 14.8 Å². The Balaban J connectivity index is 1.81. The largest absolute Gasteiger partial charge is 0.484 e. The van der Waals surface area contributed by atoms with Gasteiger partial charge in [0, 0.05) is 31.8 Å². The van der Waals surface area contributed by atoms with Crippen molar-refractivity contribution >= 4 is 16.8 Å². The minimum Gasteiger partial charge on any atom is -0.484 e. The fourth-order valence-corrected chi connectivity index (χ4v) is 1.79. The van der Waals surface area contributed by atoms with E-state index in [4.69, 9.17) is 9.47 Å². The van der Waals surface area contributed by atoms with Gasteiger partial charge >= 0.3 is 0 Å². The van der Waals surface area contributed by atoms with Crippen LogP contribution in [-0.4, -0.2) is 37.8 Å². The molecule has 0 atom stereocenters. The molecule has 1 aromatic carbocycles. The Morgan fingerprint density at radius 3 is 3.10 bits per heavy atom. The van der Waals surface area contributed by atoms with Crippen molar-refractivity contribution in [2.45, 2.75) is 6.42 Å². The van der Waals surface area contributed by atoms with Crippen molar-refractivity contribution in [3.05, 3.63) is 36.5 Å². The zero-order chi connectivity index (χ0) is 14.2. The molecule has 0 unspecified atom stereocenters. The average Bonchev–Trinajstić information content (AvgIpc) is 2.49. The lowest BCUT2D eigenvalue weighted by molar-refractivity contribution is -0.123. The van der Waals surface area contributed by atoms with Gasteiger partial charge in [-0.2, -0.15) is 0 Å². The van der Waals surface area contributed by atoms with Crippen LogP contribution in [0.4, 0.5) is 0 Å². The minimum atomic E-state index is -0.132. The third-order valence-electron chi connectivity index (χ3n) is 2.79. The monoisotopic (exact) mass is 274 g/mol. The van der Waals surface area contributed by atoms with E-state index in [1.54, 1.807) is 13.3 Å². The standard InChI is InChI=1S/C15H18N2O3/c1-19-9-3-8-17-15(18)11-20-13-5-6-14-12(10-13)4-2-7-16-14/h2,4-7,10H,3,8-9,11H2,1H3,(H,17,18). The van der Waals surface area contributed by atoms with Crippen LogP contribution in [0.3, 0.4) is 0 Å². The van der Waals surface area contributed by atoms with Crippen molar-refractivity contribution in [1.29, 1.82) is 0 Å². The molecule has 0 spiro atoms. The van der Waals surface area contributed by atoms with Gasteiger partial charge in [0.15, 0.2) is 6.61 Å². The number of pyridine rings is 1. The number of amides is 1. The van der Waals surface area contributed by atoms with E-state index in [2.05, 4.69) is 10.3 Å². The van der Waals surface area contributed by atoms with E-state index in [0.717, 1.165) is 17.3 Å². The van der Waals surface area contributed by atoms with Gasteiger partial charge in [-0.3, -0.25) is 9.78 Å². The van der Waals surface area contributed by atoms with Gasteiger partial charge in [-0.15, -0.1) is 0 Å². The van der Waals surface area contributed by atoms with Crippen molar-refractivity contribution in [2.75, 3.05) is 26.9 Å². The number of hydrogen-bond donors (Lipinski definition) is 1. The molecule has 1 N–H and O–H groups in total. The fourth-order valence-electron chi connectivity index (χ4n) is 1.79. The molecule has 0 saturated carbocycles. The summed E-state index contributed by atoms with van der Waals surface area (Å²) in [6.45, 7) is 1.25. The molecule has 0 fully saturated rings. The van der Waals surface area contributed by atoms with Crippen LogP contribution in [0.5, 0.6) is 5.75 Å². The molecule has 0 aliphatic heterocycles. The molecule has 106 valence electrons. The van der Waals surface area contributed by atoms with Crippen molar-refractivity contribution < 1.29 is 14.3 Å². The Labute approximate surface area is 117 Å². The Kier molecular flexibility index (Phi) is 5.32. The highest BCUT2D eigenvalue weighted by molar-refractivity contribution is 5.80. The SMILES string of the molecule is COCCCNC(=O)COc1ccc2ncccc2c1. The highest BCUT2D eigenvalue weighted by Crippen LogP contribution is 2.18. The topological polar surface area (TPSA) is 60.5 Å². The Morgan fingerprint density at radius 2 is 2.25 bits per heavy atom. The van der Waals surface area contributed by atoms with Gasteiger partial charge in [-0.1, -0.05) is 6.07 Å². The summed E-state index contributed by atoms with van der Waals surface area (Å²) in [5, 5.41) is 3.76. The lowest BCUT2D eigenvalue weighted by atomic mass is 10.2. The van der Waals surface area contributed by atoms with Crippen molar-refractivity contribution in [2.24, 2.45) is 0 Å². The zero-order valence-electron chi connectivity index (χ0n) is 11.5. The van der Waals surface area contributed by atoms with E-state index < -0.39 is 0 Å². The second kappa shape index (κ2) is 7.45. The fraction of sp³-hybridized carbons (Fsp3) is 0.333. The predicted octanol–water partition coefficient (Wildman–Crippen LogP) is 1.77. The van der Waals surface area contributed by atoms with E-state index in [1.807, 2.05) is 30.3 Å². The molecule has 0 saturated heterocycles. The number of carbonyl (C=O) groups is 1. The smallest absolute Gasteiger partial charge is 0.257 e. The quantitative estimate of drug-likeness (QED) is 0.782. The van der Waals surface area contributed by atoms with Crippen molar-refractivity contribution in [1.82, 2.24) is 10.3 Å². The summed E-state index contributed by atoms with van der Waals surface area (Å²) in [6, 6.07) is 9.39. The Morgan fingerprint density at radius 1 is 1.35 bits per heavy atom. The number of nitrogens with one attached hydrogen (secondary N) is 1. The predicted molar refractivity (Wildman–Crippen MR) is 76.7 cm³/mol. The Bertz CT molecular complexity index is 572. The number of rotatable bonds is 7. The van der Waals surface area contributed by atoms with Crippen molar-refractivity contribution in [3.63, 3.8) is 0 Å². The molecule has 5 heteroatoms. The number of benzene rings is 1. The first-order chi connectivity index (χ1) is 9.79. The molecular formula is C15H18N2O3. The van der Waals surface area contributed by atoms with E-state index in [9.17, 15) is 4.79 Å². The molecule has 20 heavy (non-hydrogen) atoms. The summed E-state index contributed by atoms with van der Waals surface area (Å²) in [6.07, 6.45) is 2.54. The zero-order valence-corrected chi connectivity index (χ0v) is 11.5. The second-order valence-corrected chi connectivity index (χ2v) is 4.34. The highest BCUT2D eigenvalue weighted by atomic mass is 16.5. The van der Waals surface area contributed by atoms with Crippen LogP contribution in [0, 0.1) is 0 Å². The number of methoxy groups -OCH3 is 1. The van der Waals surface area contributed by atoms with Gasteiger partial charge in [0.05, 0.1) is 5.52 Å². The van der Waals surface area contributed by atoms with Crippen LogP contribution in [0.15, 0.2) is 36.5 Å². The maximum atomic E-state index is 11.6. The molecule has 0 aliphatic carbocycles. The summed E-state index contributed by atoms with van der Waals surface area (Å²) in [5.74, 6) is 0.532. The third-order valence-corrected chi connectivity index (χ3v) is 2.79. The van der Waals surface area contributed by atoms with E-state index in [-0.39, 0.29) is 12.5 Å². The Hall–Kier alpha value is -2.14. The van der Waals surface area contributed by atoms with Crippen LogP contribution < -0.4 is 10.1 Å². The summed E-state index contributed by atoms with van der Waals surface area (Å²) < 4.78 is 10.4. The van der Waals surface area contributed by atoms with Crippen molar-refractivity contribution in [3.8, 4) is 5.75 Å². The molecular weight excluding hydrogens is 256 g/mol.